The van der Waals surface area contributed by atoms with Crippen LogP contribution in [-0.4, -0.2) is 33.6 Å². The fourth-order valence-electron chi connectivity index (χ4n) is 3.13. The number of hydrogen-bond acceptors (Lipinski definition) is 3. The smallest absolute Gasteiger partial charge is 0.0616 e. The monoisotopic (exact) mass is 237 g/mol. The molecule has 0 bridgehead atoms. The third-order valence-electron chi connectivity index (χ3n) is 4.03. The summed E-state index contributed by atoms with van der Waals surface area (Å²) in [5, 5.41) is 17.4. The summed E-state index contributed by atoms with van der Waals surface area (Å²) >= 11 is 0. The van der Waals surface area contributed by atoms with Crippen LogP contribution in [0.5, 0.6) is 0 Å². The molecule has 0 amide bonds. The molecule has 17 heavy (non-hydrogen) atoms. The van der Waals surface area contributed by atoms with Gasteiger partial charge in [0.25, 0.3) is 0 Å². The lowest BCUT2D eigenvalue weighted by Gasteiger charge is -2.35. The molecule has 2 rings (SSSR count). The van der Waals surface area contributed by atoms with Gasteiger partial charge in [-0.1, -0.05) is 13.3 Å². The number of rotatable bonds is 6. The van der Waals surface area contributed by atoms with Gasteiger partial charge < -0.3 is 10.4 Å². The molecule has 1 fully saturated rings. The van der Waals surface area contributed by atoms with Gasteiger partial charge in [-0.05, 0) is 37.8 Å². The Morgan fingerprint density at radius 1 is 1.59 bits per heavy atom. The Morgan fingerprint density at radius 3 is 3.12 bits per heavy atom. The van der Waals surface area contributed by atoms with Crippen LogP contribution >= 0.6 is 0 Å². The van der Waals surface area contributed by atoms with E-state index >= 15 is 0 Å². The average Bonchev–Trinajstić information content (AvgIpc) is 2.96. The topological polar surface area (TPSA) is 50.1 Å². The second-order valence-electron chi connectivity index (χ2n) is 4.99. The molecule has 1 aliphatic rings. The normalized spacial score (nSPS) is 28.7. The van der Waals surface area contributed by atoms with Gasteiger partial charge in [-0.3, -0.25) is 4.68 Å². The molecule has 1 heterocycles. The van der Waals surface area contributed by atoms with Crippen molar-refractivity contribution in [2.45, 2.75) is 44.7 Å². The maximum absolute atomic E-state index is 9.69. The first-order chi connectivity index (χ1) is 8.30. The largest absolute Gasteiger partial charge is 0.394 e. The standard InChI is InChI=1S/C13H23N3O/c1-2-14-13(11-17)7-3-5-12(13)6-10-16-9-4-8-15-16/h4,8-9,12,14,17H,2-3,5-7,10-11H2,1H3. The van der Waals surface area contributed by atoms with E-state index in [1.807, 2.05) is 23.1 Å². The van der Waals surface area contributed by atoms with Gasteiger partial charge in [0.15, 0.2) is 0 Å². The number of aromatic nitrogens is 2. The zero-order chi connectivity index (χ0) is 12.1. The van der Waals surface area contributed by atoms with E-state index in [0.717, 1.165) is 25.9 Å². The molecule has 0 radical (unpaired) electrons. The zero-order valence-corrected chi connectivity index (χ0v) is 10.6. The van der Waals surface area contributed by atoms with Gasteiger partial charge in [0, 0.05) is 24.5 Å². The van der Waals surface area contributed by atoms with Crippen molar-refractivity contribution in [2.24, 2.45) is 5.92 Å². The lowest BCUT2D eigenvalue weighted by molar-refractivity contribution is 0.118. The molecule has 0 aliphatic heterocycles. The van der Waals surface area contributed by atoms with E-state index in [2.05, 4.69) is 17.3 Å². The Bertz CT molecular complexity index is 325. The van der Waals surface area contributed by atoms with Crippen LogP contribution in [0.25, 0.3) is 0 Å². The lowest BCUT2D eigenvalue weighted by Crippen LogP contribution is -2.51. The first-order valence-corrected chi connectivity index (χ1v) is 6.64. The molecule has 2 unspecified atom stereocenters. The minimum absolute atomic E-state index is 0.0398. The van der Waals surface area contributed by atoms with Crippen molar-refractivity contribution in [1.29, 1.82) is 0 Å². The molecule has 1 aromatic heterocycles. The summed E-state index contributed by atoms with van der Waals surface area (Å²) < 4.78 is 1.98. The van der Waals surface area contributed by atoms with Crippen molar-refractivity contribution >= 4 is 0 Å². The lowest BCUT2D eigenvalue weighted by atomic mass is 9.85. The highest BCUT2D eigenvalue weighted by molar-refractivity contribution is 4.98. The molecule has 4 nitrogen and oxygen atoms in total. The van der Waals surface area contributed by atoms with Crippen molar-refractivity contribution in [3.05, 3.63) is 18.5 Å². The average molecular weight is 237 g/mol. The van der Waals surface area contributed by atoms with Gasteiger partial charge >= 0.3 is 0 Å². The summed E-state index contributed by atoms with van der Waals surface area (Å²) in [6, 6.07) is 1.96. The molecule has 96 valence electrons. The zero-order valence-electron chi connectivity index (χ0n) is 10.6. The SMILES string of the molecule is CCNC1(CO)CCCC1CCn1cccn1. The summed E-state index contributed by atoms with van der Waals surface area (Å²) in [6.07, 6.45) is 8.45. The second-order valence-corrected chi connectivity index (χ2v) is 4.99. The first kappa shape index (κ1) is 12.6. The van der Waals surface area contributed by atoms with Crippen LogP contribution < -0.4 is 5.32 Å². The molecule has 2 N–H and O–H groups in total. The Kier molecular flexibility index (Phi) is 4.18. The van der Waals surface area contributed by atoms with Gasteiger partial charge in [0.2, 0.25) is 0 Å². The Balaban J connectivity index is 1.94. The third kappa shape index (κ3) is 2.69. The summed E-state index contributed by atoms with van der Waals surface area (Å²) in [6.45, 7) is 4.24. The predicted octanol–water partition coefficient (Wildman–Crippen LogP) is 1.41. The first-order valence-electron chi connectivity index (χ1n) is 6.64. The molecule has 1 saturated carbocycles. The number of nitrogens with one attached hydrogen (secondary N) is 1. The van der Waals surface area contributed by atoms with Crippen molar-refractivity contribution in [3.8, 4) is 0 Å². The van der Waals surface area contributed by atoms with Gasteiger partial charge in [0.05, 0.1) is 6.61 Å². The number of hydrogen-bond donors (Lipinski definition) is 2. The highest BCUT2D eigenvalue weighted by atomic mass is 16.3. The Labute approximate surface area is 103 Å². The van der Waals surface area contributed by atoms with E-state index in [0.29, 0.717) is 5.92 Å². The third-order valence-corrected chi connectivity index (χ3v) is 4.03. The summed E-state index contributed by atoms with van der Waals surface area (Å²) in [5.41, 5.74) is -0.0398. The van der Waals surface area contributed by atoms with Gasteiger partial charge in [-0.15, -0.1) is 0 Å². The van der Waals surface area contributed by atoms with Crippen molar-refractivity contribution < 1.29 is 5.11 Å². The molecule has 1 aliphatic carbocycles. The van der Waals surface area contributed by atoms with Crippen molar-refractivity contribution in [2.75, 3.05) is 13.2 Å². The van der Waals surface area contributed by atoms with Crippen LogP contribution in [0.15, 0.2) is 18.5 Å². The van der Waals surface area contributed by atoms with Crippen LogP contribution in [-0.2, 0) is 6.54 Å². The molecular weight excluding hydrogens is 214 g/mol. The number of aryl methyl sites for hydroxylation is 1. The summed E-state index contributed by atoms with van der Waals surface area (Å²) in [7, 11) is 0. The minimum Gasteiger partial charge on any atom is -0.394 e. The predicted molar refractivity (Wildman–Crippen MR) is 67.7 cm³/mol. The van der Waals surface area contributed by atoms with Crippen LogP contribution in [0, 0.1) is 5.92 Å². The minimum atomic E-state index is -0.0398. The van der Waals surface area contributed by atoms with E-state index in [1.54, 1.807) is 0 Å². The van der Waals surface area contributed by atoms with Crippen LogP contribution in [0.1, 0.15) is 32.6 Å². The van der Waals surface area contributed by atoms with Gasteiger partial charge in [-0.25, -0.2) is 0 Å². The molecular formula is C13H23N3O. The van der Waals surface area contributed by atoms with Crippen molar-refractivity contribution in [1.82, 2.24) is 15.1 Å². The number of nitrogens with zero attached hydrogens (tertiary/aromatic N) is 2. The van der Waals surface area contributed by atoms with E-state index < -0.39 is 0 Å². The quantitative estimate of drug-likeness (QED) is 0.786. The second kappa shape index (κ2) is 5.65. The van der Waals surface area contributed by atoms with Crippen molar-refractivity contribution in [3.63, 3.8) is 0 Å². The maximum Gasteiger partial charge on any atom is 0.0616 e. The van der Waals surface area contributed by atoms with E-state index in [-0.39, 0.29) is 12.1 Å². The van der Waals surface area contributed by atoms with E-state index in [1.165, 1.54) is 12.8 Å². The highest BCUT2D eigenvalue weighted by Gasteiger charge is 2.41. The molecule has 0 saturated heterocycles. The maximum atomic E-state index is 9.69. The van der Waals surface area contributed by atoms with Gasteiger partial charge in [-0.2, -0.15) is 5.10 Å². The fraction of sp³-hybridized carbons (Fsp3) is 0.769. The van der Waals surface area contributed by atoms with Crippen LogP contribution in [0.3, 0.4) is 0 Å². The molecule has 0 spiro atoms. The molecule has 2 atom stereocenters. The summed E-state index contributed by atoms with van der Waals surface area (Å²) in [4.78, 5) is 0. The van der Waals surface area contributed by atoms with E-state index in [4.69, 9.17) is 0 Å². The molecule has 0 aromatic carbocycles. The Hall–Kier alpha value is -0.870. The van der Waals surface area contributed by atoms with E-state index in [9.17, 15) is 5.11 Å². The number of likely N-dealkylation sites (N-methyl/N-ethyl adjacent to an activating group) is 1. The Morgan fingerprint density at radius 2 is 2.47 bits per heavy atom. The summed E-state index contributed by atoms with van der Waals surface area (Å²) in [5.74, 6) is 0.566. The molecule has 4 heteroatoms. The number of aliphatic hydroxyl groups excluding tert-OH is 1. The fourth-order valence-corrected chi connectivity index (χ4v) is 3.13. The molecule has 1 aromatic rings. The van der Waals surface area contributed by atoms with Gasteiger partial charge in [0.1, 0.15) is 0 Å². The highest BCUT2D eigenvalue weighted by Crippen LogP contribution is 2.37. The number of aliphatic hydroxyl groups is 1. The van der Waals surface area contributed by atoms with Crippen LogP contribution in [0.2, 0.25) is 0 Å². The van der Waals surface area contributed by atoms with Crippen LogP contribution in [0.4, 0.5) is 0 Å².